The molecule has 0 spiro atoms. The first-order valence-corrected chi connectivity index (χ1v) is 7.33. The zero-order valence-electron chi connectivity index (χ0n) is 13.2. The summed E-state index contributed by atoms with van der Waals surface area (Å²) in [4.78, 5) is 23.4. The monoisotopic (exact) mass is 341 g/mol. The minimum absolute atomic E-state index is 0.300. The lowest BCUT2D eigenvalue weighted by Crippen LogP contribution is -2.32. The Morgan fingerprint density at radius 3 is 2.56 bits per heavy atom. The van der Waals surface area contributed by atoms with Gasteiger partial charge in [-0.05, 0) is 36.4 Å². The van der Waals surface area contributed by atoms with Gasteiger partial charge in [0.15, 0.2) is 0 Å². The van der Waals surface area contributed by atoms with Crippen LogP contribution < -0.4 is 15.5 Å². The van der Waals surface area contributed by atoms with Gasteiger partial charge in [-0.1, -0.05) is 24.8 Å². The van der Waals surface area contributed by atoms with Crippen molar-refractivity contribution in [2.24, 2.45) is 5.10 Å². The number of halogens is 1. The molecule has 128 valence electrons. The molecule has 0 saturated heterocycles. The van der Waals surface area contributed by atoms with E-state index in [1.807, 2.05) is 0 Å². The number of carbonyl (C=O) groups is 2. The summed E-state index contributed by atoms with van der Waals surface area (Å²) in [5.74, 6) is -1.74. The van der Waals surface area contributed by atoms with Gasteiger partial charge in [-0.15, -0.1) is 0 Å². The molecular weight excluding hydrogens is 325 g/mol. The van der Waals surface area contributed by atoms with Crippen LogP contribution in [0.3, 0.4) is 0 Å². The van der Waals surface area contributed by atoms with Crippen molar-refractivity contribution in [1.82, 2.24) is 5.43 Å². The van der Waals surface area contributed by atoms with Gasteiger partial charge in [0.1, 0.15) is 18.2 Å². The Labute approximate surface area is 144 Å². The molecule has 7 heteroatoms. The van der Waals surface area contributed by atoms with Gasteiger partial charge in [0.05, 0.1) is 6.21 Å². The molecule has 0 atom stereocenters. The number of ether oxygens (including phenoxy) is 1. The lowest BCUT2D eigenvalue weighted by Gasteiger charge is -2.06. The molecule has 0 saturated carbocycles. The molecule has 25 heavy (non-hydrogen) atoms. The van der Waals surface area contributed by atoms with E-state index in [0.717, 1.165) is 0 Å². The molecule has 0 fully saturated rings. The zero-order valence-corrected chi connectivity index (χ0v) is 13.2. The fraction of sp³-hybridized carbons (Fsp3) is 0.0556. The molecule has 0 heterocycles. The average molecular weight is 341 g/mol. The summed E-state index contributed by atoms with van der Waals surface area (Å²) >= 11 is 0. The lowest BCUT2D eigenvalue weighted by molar-refractivity contribution is -0.136. The van der Waals surface area contributed by atoms with Gasteiger partial charge < -0.3 is 10.1 Å². The van der Waals surface area contributed by atoms with Crippen LogP contribution in [0, 0.1) is 5.82 Å². The molecule has 2 rings (SSSR count). The summed E-state index contributed by atoms with van der Waals surface area (Å²) in [6, 6.07) is 12.1. The normalized spacial score (nSPS) is 10.3. The fourth-order valence-electron chi connectivity index (χ4n) is 1.80. The highest BCUT2D eigenvalue weighted by Gasteiger charge is 2.12. The van der Waals surface area contributed by atoms with E-state index < -0.39 is 17.6 Å². The van der Waals surface area contributed by atoms with Crippen LogP contribution in [-0.2, 0) is 9.59 Å². The predicted octanol–water partition coefficient (Wildman–Crippen LogP) is 2.48. The molecule has 2 amide bonds. The quantitative estimate of drug-likeness (QED) is 0.367. The van der Waals surface area contributed by atoms with E-state index in [0.29, 0.717) is 23.6 Å². The standard InChI is InChI=1S/C18H16FN3O3/c1-2-11-25-16-6-4-3-5-13(16)12-20-22-18(24)17(23)21-15-9-7-14(19)8-10-15/h2-10,12H,1,11H2,(H,21,23)(H,22,24)/b20-12+. The van der Waals surface area contributed by atoms with E-state index in [1.165, 1.54) is 30.5 Å². The van der Waals surface area contributed by atoms with Crippen molar-refractivity contribution in [1.29, 1.82) is 0 Å². The summed E-state index contributed by atoms with van der Waals surface area (Å²) < 4.78 is 18.2. The summed E-state index contributed by atoms with van der Waals surface area (Å²) in [7, 11) is 0. The topological polar surface area (TPSA) is 79.8 Å². The van der Waals surface area contributed by atoms with Gasteiger partial charge in [0.25, 0.3) is 0 Å². The zero-order chi connectivity index (χ0) is 18.1. The highest BCUT2D eigenvalue weighted by molar-refractivity contribution is 6.39. The van der Waals surface area contributed by atoms with Crippen molar-refractivity contribution in [2.45, 2.75) is 0 Å². The summed E-state index contributed by atoms with van der Waals surface area (Å²) in [6.07, 6.45) is 2.97. The van der Waals surface area contributed by atoms with E-state index in [9.17, 15) is 14.0 Å². The number of nitrogens with zero attached hydrogens (tertiary/aromatic N) is 1. The third-order valence-electron chi connectivity index (χ3n) is 2.95. The van der Waals surface area contributed by atoms with Gasteiger partial charge in [-0.2, -0.15) is 5.10 Å². The van der Waals surface area contributed by atoms with Crippen molar-refractivity contribution in [3.63, 3.8) is 0 Å². The van der Waals surface area contributed by atoms with Crippen molar-refractivity contribution in [2.75, 3.05) is 11.9 Å². The minimum atomic E-state index is -0.954. The summed E-state index contributed by atoms with van der Waals surface area (Å²) in [6.45, 7) is 3.90. The first kappa shape index (κ1) is 17.9. The number of para-hydroxylation sites is 1. The molecule has 2 N–H and O–H groups in total. The molecule has 0 aliphatic rings. The predicted molar refractivity (Wildman–Crippen MR) is 92.9 cm³/mol. The number of nitrogens with one attached hydrogen (secondary N) is 2. The summed E-state index contributed by atoms with van der Waals surface area (Å²) in [5.41, 5.74) is 3.04. The maximum Gasteiger partial charge on any atom is 0.329 e. The first-order chi connectivity index (χ1) is 12.1. The van der Waals surface area contributed by atoms with Crippen LogP contribution >= 0.6 is 0 Å². The molecule has 2 aromatic carbocycles. The second-order valence-corrected chi connectivity index (χ2v) is 4.80. The van der Waals surface area contributed by atoms with Gasteiger partial charge in [0.2, 0.25) is 0 Å². The molecular formula is C18H16FN3O3. The number of benzene rings is 2. The molecule has 0 aliphatic heterocycles. The van der Waals surface area contributed by atoms with E-state index in [1.54, 1.807) is 30.3 Å². The number of hydrogen-bond acceptors (Lipinski definition) is 4. The van der Waals surface area contributed by atoms with Crippen molar-refractivity contribution in [3.8, 4) is 5.75 Å². The van der Waals surface area contributed by atoms with Crippen LogP contribution in [-0.4, -0.2) is 24.6 Å². The minimum Gasteiger partial charge on any atom is -0.489 e. The number of rotatable bonds is 6. The average Bonchev–Trinajstić information content (AvgIpc) is 2.62. The Kier molecular flexibility index (Phi) is 6.41. The van der Waals surface area contributed by atoms with Crippen LogP contribution in [0.5, 0.6) is 5.75 Å². The second-order valence-electron chi connectivity index (χ2n) is 4.80. The third kappa shape index (κ3) is 5.58. The van der Waals surface area contributed by atoms with Crippen LogP contribution in [0.15, 0.2) is 66.3 Å². The van der Waals surface area contributed by atoms with Crippen molar-refractivity contribution in [3.05, 3.63) is 72.6 Å². The van der Waals surface area contributed by atoms with E-state index >= 15 is 0 Å². The maximum atomic E-state index is 12.8. The highest BCUT2D eigenvalue weighted by Crippen LogP contribution is 2.15. The number of hydrogen-bond donors (Lipinski definition) is 2. The fourth-order valence-corrected chi connectivity index (χ4v) is 1.80. The number of anilines is 1. The van der Waals surface area contributed by atoms with Crippen LogP contribution in [0.1, 0.15) is 5.56 Å². The van der Waals surface area contributed by atoms with Gasteiger partial charge in [0, 0.05) is 11.3 Å². The second kappa shape index (κ2) is 8.97. The molecule has 0 radical (unpaired) electrons. The van der Waals surface area contributed by atoms with E-state index in [2.05, 4.69) is 22.4 Å². The Hall–Kier alpha value is -3.48. The van der Waals surface area contributed by atoms with E-state index in [4.69, 9.17) is 4.74 Å². The first-order valence-electron chi connectivity index (χ1n) is 7.33. The molecule has 0 unspecified atom stereocenters. The van der Waals surface area contributed by atoms with Gasteiger partial charge in [-0.25, -0.2) is 9.82 Å². The number of hydrazone groups is 1. The Morgan fingerprint density at radius 2 is 1.84 bits per heavy atom. The molecule has 2 aromatic rings. The van der Waals surface area contributed by atoms with Crippen LogP contribution in [0.2, 0.25) is 0 Å². The highest BCUT2D eigenvalue weighted by atomic mass is 19.1. The Bertz CT molecular complexity index is 788. The number of carbonyl (C=O) groups excluding carboxylic acids is 2. The van der Waals surface area contributed by atoms with E-state index in [-0.39, 0.29) is 0 Å². The van der Waals surface area contributed by atoms with Crippen LogP contribution in [0.25, 0.3) is 0 Å². The molecule has 6 nitrogen and oxygen atoms in total. The third-order valence-corrected chi connectivity index (χ3v) is 2.95. The molecule has 0 aliphatic carbocycles. The smallest absolute Gasteiger partial charge is 0.329 e. The van der Waals surface area contributed by atoms with Crippen molar-refractivity contribution >= 4 is 23.7 Å². The number of amides is 2. The Morgan fingerprint density at radius 1 is 1.12 bits per heavy atom. The lowest BCUT2D eigenvalue weighted by atomic mass is 10.2. The van der Waals surface area contributed by atoms with Gasteiger partial charge >= 0.3 is 11.8 Å². The van der Waals surface area contributed by atoms with Crippen molar-refractivity contribution < 1.29 is 18.7 Å². The molecule has 0 aromatic heterocycles. The van der Waals surface area contributed by atoms with Gasteiger partial charge in [-0.3, -0.25) is 9.59 Å². The maximum absolute atomic E-state index is 12.8. The molecule has 0 bridgehead atoms. The Balaban J connectivity index is 1.92. The SMILES string of the molecule is C=CCOc1ccccc1/C=N/NC(=O)C(=O)Nc1ccc(F)cc1. The largest absolute Gasteiger partial charge is 0.489 e. The van der Waals surface area contributed by atoms with Crippen LogP contribution in [0.4, 0.5) is 10.1 Å². The summed E-state index contributed by atoms with van der Waals surface area (Å²) in [5, 5.41) is 6.07.